The monoisotopic (exact) mass is 181 g/mol. The summed E-state index contributed by atoms with van der Waals surface area (Å²) < 4.78 is 7.52. The standard InChI is InChI=1S/C9H15N3O/c1-7-8(3-4-10)9-12(11-7)5-2-6-13-9/h2-6,10H2,1H3. The molecule has 4 nitrogen and oxygen atoms in total. The van der Waals surface area contributed by atoms with E-state index in [0.29, 0.717) is 6.54 Å². The number of aryl methyl sites for hydroxylation is 2. The molecule has 0 saturated heterocycles. The van der Waals surface area contributed by atoms with Gasteiger partial charge in [0.15, 0.2) is 0 Å². The van der Waals surface area contributed by atoms with E-state index in [1.807, 2.05) is 11.6 Å². The predicted molar refractivity (Wildman–Crippen MR) is 49.8 cm³/mol. The Morgan fingerprint density at radius 3 is 3.23 bits per heavy atom. The second-order valence-electron chi connectivity index (χ2n) is 3.33. The van der Waals surface area contributed by atoms with Gasteiger partial charge in [-0.05, 0) is 19.9 Å². The lowest BCUT2D eigenvalue weighted by Crippen LogP contribution is -2.16. The molecule has 13 heavy (non-hydrogen) atoms. The van der Waals surface area contributed by atoms with Gasteiger partial charge in [0, 0.05) is 18.5 Å². The van der Waals surface area contributed by atoms with Crippen molar-refractivity contribution in [2.24, 2.45) is 5.73 Å². The van der Waals surface area contributed by atoms with Crippen LogP contribution in [-0.4, -0.2) is 22.9 Å². The van der Waals surface area contributed by atoms with Crippen molar-refractivity contribution in [3.63, 3.8) is 0 Å². The molecule has 0 aliphatic carbocycles. The number of fused-ring (bicyclic) bond motifs is 1. The molecular formula is C9H15N3O. The average Bonchev–Trinajstić information content (AvgIpc) is 2.44. The molecule has 2 heterocycles. The van der Waals surface area contributed by atoms with Crippen LogP contribution in [0.1, 0.15) is 17.7 Å². The summed E-state index contributed by atoms with van der Waals surface area (Å²) in [5.74, 6) is 0.939. The molecule has 0 bridgehead atoms. The number of rotatable bonds is 2. The first kappa shape index (κ1) is 8.56. The molecule has 0 aromatic carbocycles. The summed E-state index contributed by atoms with van der Waals surface area (Å²) in [4.78, 5) is 0. The molecular weight excluding hydrogens is 166 g/mol. The zero-order valence-electron chi connectivity index (χ0n) is 7.92. The van der Waals surface area contributed by atoms with Crippen molar-refractivity contribution in [3.05, 3.63) is 11.3 Å². The topological polar surface area (TPSA) is 53.1 Å². The van der Waals surface area contributed by atoms with E-state index in [1.54, 1.807) is 0 Å². The highest BCUT2D eigenvalue weighted by Crippen LogP contribution is 2.25. The van der Waals surface area contributed by atoms with E-state index in [1.165, 1.54) is 5.56 Å². The smallest absolute Gasteiger partial charge is 0.215 e. The molecule has 0 fully saturated rings. The largest absolute Gasteiger partial charge is 0.478 e. The predicted octanol–water partition coefficient (Wildman–Crippen LogP) is 0.475. The summed E-state index contributed by atoms with van der Waals surface area (Å²) >= 11 is 0. The molecule has 0 radical (unpaired) electrons. The van der Waals surface area contributed by atoms with Gasteiger partial charge in [0.1, 0.15) is 0 Å². The zero-order valence-corrected chi connectivity index (χ0v) is 7.92. The fourth-order valence-corrected chi connectivity index (χ4v) is 1.73. The first-order chi connectivity index (χ1) is 6.33. The Morgan fingerprint density at radius 1 is 1.62 bits per heavy atom. The average molecular weight is 181 g/mol. The molecule has 1 aliphatic rings. The Labute approximate surface area is 77.7 Å². The molecule has 0 saturated carbocycles. The van der Waals surface area contributed by atoms with Crippen LogP contribution < -0.4 is 10.5 Å². The minimum Gasteiger partial charge on any atom is -0.478 e. The molecule has 0 amide bonds. The lowest BCUT2D eigenvalue weighted by Gasteiger charge is -2.15. The van der Waals surface area contributed by atoms with Gasteiger partial charge < -0.3 is 10.5 Å². The second kappa shape index (κ2) is 3.38. The van der Waals surface area contributed by atoms with E-state index >= 15 is 0 Å². The maximum absolute atomic E-state index is 5.57. The van der Waals surface area contributed by atoms with E-state index in [2.05, 4.69) is 5.10 Å². The minimum atomic E-state index is 0.656. The normalized spacial score (nSPS) is 15.2. The maximum Gasteiger partial charge on any atom is 0.215 e. The summed E-state index contributed by atoms with van der Waals surface area (Å²) in [5.41, 5.74) is 7.77. The number of nitrogens with two attached hydrogens (primary N) is 1. The Hall–Kier alpha value is -1.03. The van der Waals surface area contributed by atoms with Crippen LogP contribution in [0.3, 0.4) is 0 Å². The molecule has 1 aliphatic heterocycles. The minimum absolute atomic E-state index is 0.656. The molecule has 1 aromatic rings. The van der Waals surface area contributed by atoms with Gasteiger partial charge in [-0.25, -0.2) is 4.68 Å². The highest BCUT2D eigenvalue weighted by Gasteiger charge is 2.18. The third-order valence-corrected chi connectivity index (χ3v) is 2.35. The van der Waals surface area contributed by atoms with Crippen LogP contribution in [0.25, 0.3) is 0 Å². The van der Waals surface area contributed by atoms with Gasteiger partial charge in [-0.15, -0.1) is 0 Å². The van der Waals surface area contributed by atoms with Crippen LogP contribution in [-0.2, 0) is 13.0 Å². The summed E-state index contributed by atoms with van der Waals surface area (Å²) in [6.07, 6.45) is 1.91. The zero-order chi connectivity index (χ0) is 9.26. The molecule has 4 heteroatoms. The molecule has 2 N–H and O–H groups in total. The Balaban J connectivity index is 2.36. The molecule has 1 aromatic heterocycles. The van der Waals surface area contributed by atoms with Crippen LogP contribution in [0, 0.1) is 6.92 Å². The van der Waals surface area contributed by atoms with Crippen molar-refractivity contribution in [1.82, 2.24) is 9.78 Å². The van der Waals surface area contributed by atoms with E-state index in [4.69, 9.17) is 10.5 Å². The van der Waals surface area contributed by atoms with Gasteiger partial charge in [0.05, 0.1) is 12.3 Å². The quantitative estimate of drug-likeness (QED) is 0.721. The first-order valence-corrected chi connectivity index (χ1v) is 4.72. The van der Waals surface area contributed by atoms with Crippen LogP contribution in [0.2, 0.25) is 0 Å². The van der Waals surface area contributed by atoms with Gasteiger partial charge >= 0.3 is 0 Å². The molecule has 72 valence electrons. The maximum atomic E-state index is 5.57. The van der Waals surface area contributed by atoms with Crippen LogP contribution in [0.15, 0.2) is 0 Å². The first-order valence-electron chi connectivity index (χ1n) is 4.72. The lowest BCUT2D eigenvalue weighted by molar-refractivity contribution is 0.228. The van der Waals surface area contributed by atoms with Crippen LogP contribution in [0.4, 0.5) is 0 Å². The second-order valence-corrected chi connectivity index (χ2v) is 3.33. The van der Waals surface area contributed by atoms with Crippen molar-refractivity contribution in [1.29, 1.82) is 0 Å². The summed E-state index contributed by atoms with van der Waals surface area (Å²) in [7, 11) is 0. The Morgan fingerprint density at radius 2 is 2.46 bits per heavy atom. The van der Waals surface area contributed by atoms with Crippen molar-refractivity contribution in [2.45, 2.75) is 26.3 Å². The number of hydrogen-bond donors (Lipinski definition) is 1. The highest BCUT2D eigenvalue weighted by atomic mass is 16.5. The Bertz CT molecular complexity index is 306. The molecule has 0 atom stereocenters. The fourth-order valence-electron chi connectivity index (χ4n) is 1.73. The SMILES string of the molecule is Cc1nn2c(c1CCN)OCCC2. The summed E-state index contributed by atoms with van der Waals surface area (Å²) in [6.45, 7) is 4.45. The highest BCUT2D eigenvalue weighted by molar-refractivity contribution is 5.32. The number of ether oxygens (including phenoxy) is 1. The molecule has 2 rings (SSSR count). The summed E-state index contributed by atoms with van der Waals surface area (Å²) in [5, 5.41) is 4.41. The van der Waals surface area contributed by atoms with Crippen molar-refractivity contribution in [3.8, 4) is 5.88 Å². The van der Waals surface area contributed by atoms with Gasteiger partial charge in [0.2, 0.25) is 5.88 Å². The van der Waals surface area contributed by atoms with Gasteiger partial charge in [0.25, 0.3) is 0 Å². The van der Waals surface area contributed by atoms with Crippen molar-refractivity contribution in [2.75, 3.05) is 13.2 Å². The number of hydrogen-bond acceptors (Lipinski definition) is 3. The van der Waals surface area contributed by atoms with E-state index in [0.717, 1.165) is 37.6 Å². The van der Waals surface area contributed by atoms with E-state index in [9.17, 15) is 0 Å². The van der Waals surface area contributed by atoms with Gasteiger partial charge in [-0.1, -0.05) is 0 Å². The third kappa shape index (κ3) is 1.42. The third-order valence-electron chi connectivity index (χ3n) is 2.35. The number of aromatic nitrogens is 2. The fraction of sp³-hybridized carbons (Fsp3) is 0.667. The number of nitrogens with zero attached hydrogens (tertiary/aromatic N) is 2. The van der Waals surface area contributed by atoms with Crippen molar-refractivity contribution < 1.29 is 4.74 Å². The van der Waals surface area contributed by atoms with E-state index < -0.39 is 0 Å². The van der Waals surface area contributed by atoms with Gasteiger partial charge in [-0.2, -0.15) is 5.10 Å². The lowest BCUT2D eigenvalue weighted by atomic mass is 10.2. The molecule has 0 spiro atoms. The van der Waals surface area contributed by atoms with Crippen LogP contribution >= 0.6 is 0 Å². The van der Waals surface area contributed by atoms with Crippen molar-refractivity contribution >= 4 is 0 Å². The molecule has 0 unspecified atom stereocenters. The summed E-state index contributed by atoms with van der Waals surface area (Å²) in [6, 6.07) is 0. The van der Waals surface area contributed by atoms with Crippen LogP contribution in [0.5, 0.6) is 5.88 Å². The Kier molecular flexibility index (Phi) is 2.22. The van der Waals surface area contributed by atoms with Gasteiger partial charge in [-0.3, -0.25) is 0 Å². The van der Waals surface area contributed by atoms with E-state index in [-0.39, 0.29) is 0 Å².